The number of benzene rings is 1. The molecule has 0 aliphatic rings. The van der Waals surface area contributed by atoms with Crippen LogP contribution >= 0.6 is 23.8 Å². The lowest BCUT2D eigenvalue weighted by Gasteiger charge is -1.93. The van der Waals surface area contributed by atoms with E-state index in [1.807, 2.05) is 0 Å². The van der Waals surface area contributed by atoms with Gasteiger partial charge in [-0.15, -0.1) is 0 Å². The number of halogens is 1. The molecule has 0 radical (unpaired) electrons. The normalized spacial score (nSPS) is 10.2. The van der Waals surface area contributed by atoms with Crippen molar-refractivity contribution in [3.05, 3.63) is 34.9 Å². The molecule has 0 atom stereocenters. The van der Waals surface area contributed by atoms with Gasteiger partial charge in [0, 0.05) is 5.02 Å². The van der Waals surface area contributed by atoms with Crippen LogP contribution in [-0.2, 0) is 4.84 Å². The highest BCUT2D eigenvalue weighted by Gasteiger charge is 1.88. The van der Waals surface area contributed by atoms with Gasteiger partial charge in [-0.1, -0.05) is 28.9 Å². The molecule has 0 aliphatic heterocycles. The van der Waals surface area contributed by atoms with E-state index in [1.54, 1.807) is 24.3 Å². The van der Waals surface area contributed by atoms with E-state index in [2.05, 4.69) is 22.2 Å². The first kappa shape index (κ1) is 9.95. The third-order valence-electron chi connectivity index (χ3n) is 1.21. The SMILES string of the molecule is NC(=S)O/N=C/c1ccc(Cl)cc1. The lowest BCUT2D eigenvalue weighted by atomic mass is 10.2. The standard InChI is InChI=1S/C8H7ClN2OS/c9-7-3-1-6(2-4-7)5-11-12-8(10)13/h1-5H,(H2,10,13)/b11-5+. The third-order valence-corrected chi connectivity index (χ3v) is 1.54. The van der Waals surface area contributed by atoms with Crippen LogP contribution in [0, 0.1) is 0 Å². The molecule has 0 unspecified atom stereocenters. The largest absolute Gasteiger partial charge is 0.358 e. The predicted octanol–water partition coefficient (Wildman–Crippen LogP) is 1.93. The average Bonchev–Trinajstić information content (AvgIpc) is 2.08. The summed E-state index contributed by atoms with van der Waals surface area (Å²) in [6.07, 6.45) is 1.50. The second-order valence-electron chi connectivity index (χ2n) is 2.20. The maximum atomic E-state index is 5.68. The van der Waals surface area contributed by atoms with Crippen molar-refractivity contribution < 1.29 is 4.84 Å². The van der Waals surface area contributed by atoms with Gasteiger partial charge < -0.3 is 10.6 Å². The maximum absolute atomic E-state index is 5.68. The average molecular weight is 215 g/mol. The number of nitrogens with zero attached hydrogens (tertiary/aromatic N) is 1. The first-order chi connectivity index (χ1) is 6.18. The summed E-state index contributed by atoms with van der Waals surface area (Å²) in [5.41, 5.74) is 5.92. The van der Waals surface area contributed by atoms with Gasteiger partial charge in [0.05, 0.1) is 6.21 Å². The highest BCUT2D eigenvalue weighted by molar-refractivity contribution is 7.80. The molecule has 0 heterocycles. The van der Waals surface area contributed by atoms with Crippen molar-refractivity contribution in [2.45, 2.75) is 0 Å². The summed E-state index contributed by atoms with van der Waals surface area (Å²) in [5.74, 6) is 0. The number of nitrogens with two attached hydrogens (primary N) is 1. The number of oxime groups is 1. The molecule has 2 N–H and O–H groups in total. The van der Waals surface area contributed by atoms with E-state index in [0.717, 1.165) is 5.56 Å². The van der Waals surface area contributed by atoms with Crippen LogP contribution in [0.3, 0.4) is 0 Å². The van der Waals surface area contributed by atoms with Crippen LogP contribution in [0.2, 0.25) is 5.02 Å². The Labute approximate surface area is 86.1 Å². The van der Waals surface area contributed by atoms with Crippen LogP contribution in [-0.4, -0.2) is 11.4 Å². The Morgan fingerprint density at radius 1 is 1.46 bits per heavy atom. The molecule has 0 amide bonds. The number of hydrogen-bond donors (Lipinski definition) is 1. The van der Waals surface area contributed by atoms with Crippen molar-refractivity contribution in [2.24, 2.45) is 10.9 Å². The van der Waals surface area contributed by atoms with Gasteiger partial charge in [0.15, 0.2) is 0 Å². The predicted molar refractivity (Wildman–Crippen MR) is 56.9 cm³/mol. The van der Waals surface area contributed by atoms with Crippen LogP contribution in [0.4, 0.5) is 0 Å². The molecule has 1 rings (SSSR count). The van der Waals surface area contributed by atoms with Crippen LogP contribution in [0.25, 0.3) is 0 Å². The molecular formula is C8H7ClN2OS. The minimum absolute atomic E-state index is 0.106. The molecule has 68 valence electrons. The fourth-order valence-corrected chi connectivity index (χ4v) is 0.857. The number of hydrogen-bond acceptors (Lipinski definition) is 3. The van der Waals surface area contributed by atoms with Gasteiger partial charge in [-0.2, -0.15) is 0 Å². The van der Waals surface area contributed by atoms with Gasteiger partial charge in [0.2, 0.25) is 0 Å². The summed E-state index contributed by atoms with van der Waals surface area (Å²) in [6, 6.07) is 7.11. The Balaban J connectivity index is 2.59. The molecule has 0 fully saturated rings. The summed E-state index contributed by atoms with van der Waals surface area (Å²) >= 11 is 10.1. The zero-order valence-corrected chi connectivity index (χ0v) is 8.18. The highest BCUT2D eigenvalue weighted by Crippen LogP contribution is 2.07. The van der Waals surface area contributed by atoms with Crippen LogP contribution in [0.5, 0.6) is 0 Å². The van der Waals surface area contributed by atoms with Crippen molar-refractivity contribution in [2.75, 3.05) is 0 Å². The minimum atomic E-state index is -0.106. The quantitative estimate of drug-likeness (QED) is 0.465. The van der Waals surface area contributed by atoms with Crippen molar-refractivity contribution in [3.8, 4) is 0 Å². The van der Waals surface area contributed by atoms with Crippen LogP contribution in [0.1, 0.15) is 5.56 Å². The molecule has 0 bridgehead atoms. The monoisotopic (exact) mass is 214 g/mol. The van der Waals surface area contributed by atoms with E-state index in [9.17, 15) is 0 Å². The lowest BCUT2D eigenvalue weighted by molar-refractivity contribution is 0.335. The zero-order valence-electron chi connectivity index (χ0n) is 6.61. The van der Waals surface area contributed by atoms with E-state index in [4.69, 9.17) is 17.3 Å². The Kier molecular flexibility index (Phi) is 3.67. The Hall–Kier alpha value is -1.13. The Morgan fingerprint density at radius 3 is 2.62 bits per heavy atom. The molecule has 5 heteroatoms. The molecule has 13 heavy (non-hydrogen) atoms. The molecule has 0 spiro atoms. The Bertz CT molecular complexity index is 323. The molecule has 0 saturated carbocycles. The summed E-state index contributed by atoms with van der Waals surface area (Å²) < 4.78 is 0. The number of thiocarbonyl (C=S) groups is 1. The van der Waals surface area contributed by atoms with E-state index >= 15 is 0 Å². The van der Waals surface area contributed by atoms with Gasteiger partial charge >= 0.3 is 0 Å². The van der Waals surface area contributed by atoms with Crippen LogP contribution < -0.4 is 5.73 Å². The van der Waals surface area contributed by atoms with E-state index in [0.29, 0.717) is 5.02 Å². The van der Waals surface area contributed by atoms with Gasteiger partial charge in [-0.05, 0) is 29.9 Å². The van der Waals surface area contributed by atoms with E-state index < -0.39 is 0 Å². The fraction of sp³-hybridized carbons (Fsp3) is 0. The van der Waals surface area contributed by atoms with Gasteiger partial charge in [-0.3, -0.25) is 0 Å². The Morgan fingerprint density at radius 2 is 2.08 bits per heavy atom. The van der Waals surface area contributed by atoms with Crippen molar-refractivity contribution >= 4 is 35.2 Å². The topological polar surface area (TPSA) is 47.6 Å². The lowest BCUT2D eigenvalue weighted by Crippen LogP contribution is -2.08. The molecule has 1 aromatic carbocycles. The first-order valence-corrected chi connectivity index (χ1v) is 4.22. The zero-order chi connectivity index (χ0) is 9.68. The highest BCUT2D eigenvalue weighted by atomic mass is 35.5. The second-order valence-corrected chi connectivity index (χ2v) is 3.04. The summed E-state index contributed by atoms with van der Waals surface area (Å²) in [6.45, 7) is 0. The summed E-state index contributed by atoms with van der Waals surface area (Å²) in [7, 11) is 0. The first-order valence-electron chi connectivity index (χ1n) is 3.44. The maximum Gasteiger partial charge on any atom is 0.286 e. The third kappa shape index (κ3) is 3.87. The second kappa shape index (κ2) is 4.79. The summed E-state index contributed by atoms with van der Waals surface area (Å²) in [4.78, 5) is 4.52. The van der Waals surface area contributed by atoms with E-state index in [1.165, 1.54) is 6.21 Å². The minimum Gasteiger partial charge on any atom is -0.358 e. The molecule has 3 nitrogen and oxygen atoms in total. The van der Waals surface area contributed by atoms with Gasteiger partial charge in [-0.25, -0.2) is 0 Å². The molecule has 0 aromatic heterocycles. The molecular weight excluding hydrogens is 208 g/mol. The van der Waals surface area contributed by atoms with Gasteiger partial charge in [0.25, 0.3) is 5.17 Å². The van der Waals surface area contributed by atoms with Gasteiger partial charge in [0.1, 0.15) is 0 Å². The smallest absolute Gasteiger partial charge is 0.286 e. The van der Waals surface area contributed by atoms with E-state index in [-0.39, 0.29) is 5.17 Å². The van der Waals surface area contributed by atoms with Crippen LogP contribution in [0.15, 0.2) is 29.4 Å². The van der Waals surface area contributed by atoms with Crippen molar-refractivity contribution in [1.82, 2.24) is 0 Å². The van der Waals surface area contributed by atoms with Crippen molar-refractivity contribution in [3.63, 3.8) is 0 Å². The molecule has 0 aliphatic carbocycles. The molecule has 1 aromatic rings. The fourth-order valence-electron chi connectivity index (χ4n) is 0.688. The number of rotatable bonds is 2. The molecule has 0 saturated heterocycles. The summed E-state index contributed by atoms with van der Waals surface area (Å²) in [5, 5.41) is 4.10. The van der Waals surface area contributed by atoms with Crippen molar-refractivity contribution in [1.29, 1.82) is 0 Å².